The topological polar surface area (TPSA) is 47.5 Å². The van der Waals surface area contributed by atoms with Gasteiger partial charge < -0.3 is 14.4 Å². The molecule has 0 radical (unpaired) electrons. The fourth-order valence-electron chi connectivity index (χ4n) is 6.74. The lowest BCUT2D eigenvalue weighted by Crippen LogP contribution is -2.31. The summed E-state index contributed by atoms with van der Waals surface area (Å²) in [5.41, 5.74) is 4.66. The van der Waals surface area contributed by atoms with Gasteiger partial charge in [0.2, 0.25) is 0 Å². The minimum absolute atomic E-state index is 0.0415. The molecule has 9 rings (SSSR count). The molecule has 1 atom stereocenters. The van der Waals surface area contributed by atoms with Gasteiger partial charge in [0, 0.05) is 35.0 Å². The predicted octanol–water partition coefficient (Wildman–Crippen LogP) is 10.2. The van der Waals surface area contributed by atoms with Gasteiger partial charge in [-0.25, -0.2) is 9.97 Å². The molecule has 7 aromatic rings. The molecule has 46 heavy (non-hydrogen) atoms. The Morgan fingerprint density at radius 3 is 2.11 bits per heavy atom. The maximum absolute atomic E-state index is 8.93. The summed E-state index contributed by atoms with van der Waals surface area (Å²) in [7, 11) is 0. The lowest BCUT2D eigenvalue weighted by molar-refractivity contribution is 0.360. The molecule has 2 aliphatic rings. The highest BCUT2D eigenvalue weighted by molar-refractivity contribution is 5.92. The first-order valence-electron chi connectivity index (χ1n) is 17.4. The first-order valence-corrected chi connectivity index (χ1v) is 14.9. The van der Waals surface area contributed by atoms with Crippen LogP contribution in [-0.2, 0) is 5.41 Å². The average molecular weight is 599 g/mol. The van der Waals surface area contributed by atoms with Crippen molar-refractivity contribution in [2.24, 2.45) is 0 Å². The van der Waals surface area contributed by atoms with Gasteiger partial charge in [0.05, 0.1) is 6.85 Å². The lowest BCUT2D eigenvalue weighted by atomic mass is 9.71. The van der Waals surface area contributed by atoms with Crippen molar-refractivity contribution in [3.8, 4) is 34.1 Å². The molecular formula is C41H27N3O2. The molecule has 0 fully saturated rings. The van der Waals surface area contributed by atoms with Crippen LogP contribution in [0.25, 0.3) is 11.1 Å². The second-order valence-electron chi connectivity index (χ2n) is 11.0. The van der Waals surface area contributed by atoms with Gasteiger partial charge in [-0.1, -0.05) is 90.9 Å². The Morgan fingerprint density at radius 1 is 0.565 bits per heavy atom. The van der Waals surface area contributed by atoms with Crippen molar-refractivity contribution < 1.29 is 16.3 Å². The van der Waals surface area contributed by atoms with Gasteiger partial charge in [0.25, 0.3) is 0 Å². The molecule has 0 saturated heterocycles. The van der Waals surface area contributed by atoms with E-state index in [0.717, 1.165) is 27.8 Å². The number of rotatable bonds is 5. The molecule has 1 aliphatic heterocycles. The monoisotopic (exact) mass is 598 g/mol. The normalized spacial score (nSPS) is 16.9. The maximum atomic E-state index is 8.93. The first kappa shape index (κ1) is 21.5. The molecule has 0 amide bonds. The molecule has 0 spiro atoms. The second kappa shape index (κ2) is 10.5. The van der Waals surface area contributed by atoms with Crippen molar-refractivity contribution in [3.63, 3.8) is 0 Å². The highest BCUT2D eigenvalue weighted by Crippen LogP contribution is 2.61. The number of fused-ring (bicyclic) bond motifs is 6. The fourth-order valence-corrected chi connectivity index (χ4v) is 6.74. The van der Waals surface area contributed by atoms with E-state index >= 15 is 0 Å². The smallest absolute Gasteiger partial charge is 0.178 e. The molecule has 5 heteroatoms. The molecule has 218 valence electrons. The number of aromatic nitrogens is 2. The molecule has 0 saturated carbocycles. The van der Waals surface area contributed by atoms with Gasteiger partial charge in [-0.05, 0) is 82.9 Å². The molecule has 1 aliphatic carbocycles. The standard InChI is InChI=1S/C41H27N3O2/c1-3-14-29(15-4-1)44(30-16-5-2-6-17-30)31-18-11-13-28(27-31)41(40-42-25-12-26-43-40)33-20-8-7-19-32(33)38-34(41)23-24-37-39(38)46-36-22-10-9-21-35(36)45-37/h1-27H/i1D,3D,4D,14D,15D. The van der Waals surface area contributed by atoms with E-state index in [1.807, 2.05) is 103 Å². The summed E-state index contributed by atoms with van der Waals surface area (Å²) in [4.78, 5) is 11.5. The largest absolute Gasteiger partial charge is 0.449 e. The average Bonchev–Trinajstić information content (AvgIpc) is 3.49. The van der Waals surface area contributed by atoms with Crippen molar-refractivity contribution in [2.75, 3.05) is 4.90 Å². The highest BCUT2D eigenvalue weighted by atomic mass is 16.6. The third-order valence-corrected chi connectivity index (χ3v) is 8.57. The minimum Gasteiger partial charge on any atom is -0.449 e. The van der Waals surface area contributed by atoms with E-state index in [1.165, 1.54) is 0 Å². The number of nitrogens with zero attached hydrogens (tertiary/aromatic N) is 3. The highest BCUT2D eigenvalue weighted by Gasteiger charge is 2.50. The number of para-hydroxylation sites is 4. The Morgan fingerprint density at radius 2 is 1.28 bits per heavy atom. The summed E-state index contributed by atoms with van der Waals surface area (Å²) in [5.74, 6) is 2.98. The van der Waals surface area contributed by atoms with Crippen LogP contribution in [0.5, 0.6) is 23.0 Å². The van der Waals surface area contributed by atoms with Crippen LogP contribution in [0.4, 0.5) is 17.1 Å². The summed E-state index contributed by atoms with van der Waals surface area (Å²) in [6.07, 6.45) is 3.46. The van der Waals surface area contributed by atoms with E-state index in [9.17, 15) is 0 Å². The van der Waals surface area contributed by atoms with Crippen molar-refractivity contribution in [2.45, 2.75) is 5.41 Å². The minimum atomic E-state index is -1.04. The van der Waals surface area contributed by atoms with E-state index in [-0.39, 0.29) is 17.8 Å². The Balaban J connectivity index is 1.34. The van der Waals surface area contributed by atoms with E-state index in [2.05, 4.69) is 12.1 Å². The number of ether oxygens (including phenoxy) is 2. The quantitative estimate of drug-likeness (QED) is 0.197. The van der Waals surface area contributed by atoms with E-state index in [0.29, 0.717) is 40.2 Å². The zero-order valence-electron chi connectivity index (χ0n) is 29.4. The van der Waals surface area contributed by atoms with E-state index < -0.39 is 23.5 Å². The number of benzene rings is 6. The van der Waals surface area contributed by atoms with Gasteiger partial charge in [-0.3, -0.25) is 0 Å². The van der Waals surface area contributed by atoms with Gasteiger partial charge in [-0.2, -0.15) is 0 Å². The lowest BCUT2D eigenvalue weighted by Gasteiger charge is -2.33. The molecule has 2 heterocycles. The Hall–Kier alpha value is -6.20. The second-order valence-corrected chi connectivity index (χ2v) is 11.0. The molecular weight excluding hydrogens is 566 g/mol. The van der Waals surface area contributed by atoms with Crippen LogP contribution in [0.1, 0.15) is 29.4 Å². The predicted molar refractivity (Wildman–Crippen MR) is 181 cm³/mol. The SMILES string of the molecule is [2H]c1c([2H])c([2H])c(N(c2ccccc2)c2cccc(C3(c4ncccn4)c4ccccc4-c4c3ccc3c4Oc4ccccc4O3)c2)c([2H])c1[2H]. The Kier molecular flexibility index (Phi) is 4.89. The summed E-state index contributed by atoms with van der Waals surface area (Å²) in [6.45, 7) is 0. The van der Waals surface area contributed by atoms with Gasteiger partial charge in [0.15, 0.2) is 23.0 Å². The Bertz CT molecular complexity index is 2490. The molecule has 0 N–H and O–H groups in total. The number of hydrogen-bond donors (Lipinski definition) is 0. The molecule has 6 aromatic carbocycles. The van der Waals surface area contributed by atoms with Gasteiger partial charge in [0.1, 0.15) is 11.2 Å². The number of hydrogen-bond acceptors (Lipinski definition) is 5. The molecule has 1 aromatic heterocycles. The van der Waals surface area contributed by atoms with Crippen LogP contribution in [0, 0.1) is 0 Å². The van der Waals surface area contributed by atoms with Crippen LogP contribution in [-0.4, -0.2) is 9.97 Å². The van der Waals surface area contributed by atoms with Crippen LogP contribution in [0.15, 0.2) is 164 Å². The van der Waals surface area contributed by atoms with Crippen LogP contribution in [0.3, 0.4) is 0 Å². The third-order valence-electron chi connectivity index (χ3n) is 8.57. The van der Waals surface area contributed by atoms with Crippen LogP contribution >= 0.6 is 0 Å². The molecule has 1 unspecified atom stereocenters. The van der Waals surface area contributed by atoms with Crippen molar-refractivity contribution in [1.82, 2.24) is 9.97 Å². The van der Waals surface area contributed by atoms with Crippen molar-refractivity contribution in [1.29, 1.82) is 0 Å². The van der Waals surface area contributed by atoms with E-state index in [4.69, 9.17) is 26.3 Å². The number of anilines is 3. The third kappa shape index (κ3) is 3.88. The Labute approximate surface area is 274 Å². The molecule has 0 bridgehead atoms. The zero-order chi connectivity index (χ0) is 34.9. The maximum Gasteiger partial charge on any atom is 0.178 e. The van der Waals surface area contributed by atoms with Crippen LogP contribution < -0.4 is 14.4 Å². The van der Waals surface area contributed by atoms with E-state index in [1.54, 1.807) is 23.4 Å². The van der Waals surface area contributed by atoms with Crippen LogP contribution in [0.2, 0.25) is 0 Å². The van der Waals surface area contributed by atoms with Crippen molar-refractivity contribution in [3.05, 3.63) is 186 Å². The van der Waals surface area contributed by atoms with Gasteiger partial charge >= 0.3 is 0 Å². The van der Waals surface area contributed by atoms with Gasteiger partial charge in [-0.15, -0.1) is 0 Å². The summed E-state index contributed by atoms with van der Waals surface area (Å²) in [6, 6.07) is 36.6. The fraction of sp³-hybridized carbons (Fsp3) is 0.0244. The summed E-state index contributed by atoms with van der Waals surface area (Å²) in [5, 5.41) is 0. The molecule has 5 nitrogen and oxygen atoms in total. The first-order chi connectivity index (χ1) is 24.9. The van der Waals surface area contributed by atoms with Crippen molar-refractivity contribution >= 4 is 17.1 Å². The summed E-state index contributed by atoms with van der Waals surface area (Å²) >= 11 is 0. The zero-order valence-corrected chi connectivity index (χ0v) is 24.4. The summed E-state index contributed by atoms with van der Waals surface area (Å²) < 4.78 is 56.1.